The Labute approximate surface area is 360 Å². The number of morpholine rings is 1. The maximum absolute atomic E-state index is 14.5. The van der Waals surface area contributed by atoms with Crippen LogP contribution in [0, 0.1) is 11.8 Å². The van der Waals surface area contributed by atoms with Gasteiger partial charge in [0.15, 0.2) is 0 Å². The Morgan fingerprint density at radius 2 is 1.90 bits per heavy atom. The summed E-state index contributed by atoms with van der Waals surface area (Å²) in [6.45, 7) is 14.7. The minimum absolute atomic E-state index is 0.00654. The highest BCUT2D eigenvalue weighted by Crippen LogP contribution is 2.47. The molecule has 3 saturated heterocycles. The number of carbonyl (C=O) groups is 3. The normalized spacial score (nSPS) is 27.5. The molecule has 3 amide bonds. The fourth-order valence-electron chi connectivity index (χ4n) is 8.75. The first-order chi connectivity index (χ1) is 28.7. The second kappa shape index (κ2) is 17.3. The average molecular weight is 887 g/mol. The van der Waals surface area contributed by atoms with Crippen molar-refractivity contribution >= 4 is 61.6 Å². The molecular formula is C42H56ClN7O8S2. The number of pyridine rings is 1. The molecule has 0 bridgehead atoms. The summed E-state index contributed by atoms with van der Waals surface area (Å²) in [4.78, 5) is 56.4. The number of aromatic nitrogens is 2. The number of rotatable bonds is 16. The molecule has 5 heterocycles. The fraction of sp³-hybridized carbons (Fsp3) is 0.643. The van der Waals surface area contributed by atoms with Gasteiger partial charge in [-0.1, -0.05) is 59.1 Å². The molecule has 5 fully saturated rings. The molecule has 2 aliphatic carbocycles. The van der Waals surface area contributed by atoms with E-state index in [0.29, 0.717) is 90.2 Å². The van der Waals surface area contributed by atoms with E-state index in [9.17, 15) is 22.8 Å². The standard InChI is InChI=1S/C42H56ClN7O8S2/c1-6-24(5)36-40(52)50-30(38(51)47-42(20-25(42)7-2)41(53)48-60(54,55)26-8-9-26)19-34(31(50)21-44-36)58-33-18-28(39-46-29(22-59-39)23(3)4)45-37-27(33)10-11-32(35(37)43)57-17-14-49-12-15-56-16-13-49/h10-11,18,22-26,30-31,34,36,44H,6-9,12-17,19-21H2,1-5H3,(H,47,51)(H,48,53)/t24-,25-,30+,31-,34-,36-,42-/m1/s1. The third-order valence-corrected chi connectivity index (χ3v) is 16.0. The smallest absolute Gasteiger partial charge is 0.259 e. The molecule has 18 heteroatoms. The van der Waals surface area contributed by atoms with Crippen LogP contribution in [0.25, 0.3) is 21.6 Å². The van der Waals surface area contributed by atoms with Crippen LogP contribution in [0.5, 0.6) is 11.5 Å². The minimum Gasteiger partial charge on any atom is -0.491 e. The zero-order valence-electron chi connectivity index (χ0n) is 34.9. The van der Waals surface area contributed by atoms with Crippen LogP contribution in [0.2, 0.25) is 5.02 Å². The lowest BCUT2D eigenvalue weighted by Crippen LogP contribution is -2.65. The van der Waals surface area contributed by atoms with Crippen LogP contribution in [0.4, 0.5) is 0 Å². The van der Waals surface area contributed by atoms with E-state index in [1.807, 2.05) is 44.4 Å². The Hall–Kier alpha value is -3.61. The van der Waals surface area contributed by atoms with Gasteiger partial charge in [0.05, 0.1) is 41.8 Å². The van der Waals surface area contributed by atoms with E-state index in [-0.39, 0.29) is 30.1 Å². The van der Waals surface area contributed by atoms with Gasteiger partial charge in [-0.2, -0.15) is 0 Å². The SMILES string of the molecule is CC[C@@H]1C[C@]1(NC(=O)[C@@H]1C[C@@H](Oc2cc(-c3nc(C(C)C)cs3)nc3c(Cl)c(OCCN4CCOCC4)ccc23)[C@H]2CN[C@H]([C@H](C)CC)C(=O)N21)C(=O)NS(=O)(=O)C1CC1. The summed E-state index contributed by atoms with van der Waals surface area (Å²) in [5.74, 6) is -0.524. The lowest BCUT2D eigenvalue weighted by Gasteiger charge is -2.41. The van der Waals surface area contributed by atoms with Crippen LogP contribution < -0.4 is 24.8 Å². The second-order valence-electron chi connectivity index (χ2n) is 17.3. The first-order valence-electron chi connectivity index (χ1n) is 21.4. The minimum atomic E-state index is -3.84. The van der Waals surface area contributed by atoms with Gasteiger partial charge in [-0.05, 0) is 49.1 Å². The molecule has 0 unspecified atom stereocenters. The van der Waals surface area contributed by atoms with Crippen molar-refractivity contribution in [2.75, 3.05) is 46.0 Å². The van der Waals surface area contributed by atoms with Crippen molar-refractivity contribution in [3.63, 3.8) is 0 Å². The zero-order valence-corrected chi connectivity index (χ0v) is 37.3. The molecule has 15 nitrogen and oxygen atoms in total. The summed E-state index contributed by atoms with van der Waals surface area (Å²) in [5.41, 5.74) is 0.592. The Balaban J connectivity index is 1.11. The van der Waals surface area contributed by atoms with E-state index in [1.165, 1.54) is 11.3 Å². The topological polar surface area (TPSA) is 181 Å². The number of thiazole rings is 1. The van der Waals surface area contributed by atoms with Gasteiger partial charge < -0.3 is 29.7 Å². The van der Waals surface area contributed by atoms with E-state index in [0.717, 1.165) is 31.7 Å². The van der Waals surface area contributed by atoms with Crippen LogP contribution in [0.3, 0.4) is 0 Å². The van der Waals surface area contributed by atoms with Crippen molar-refractivity contribution < 1.29 is 37.0 Å². The van der Waals surface area contributed by atoms with Crippen LogP contribution >= 0.6 is 22.9 Å². The molecule has 8 rings (SSSR count). The van der Waals surface area contributed by atoms with Gasteiger partial charge in [-0.3, -0.25) is 24.0 Å². The zero-order chi connectivity index (χ0) is 42.5. The first-order valence-corrected chi connectivity index (χ1v) is 24.2. The van der Waals surface area contributed by atoms with Gasteiger partial charge in [0, 0.05) is 49.4 Å². The summed E-state index contributed by atoms with van der Waals surface area (Å²) >= 11 is 8.60. The van der Waals surface area contributed by atoms with E-state index >= 15 is 0 Å². The quantitative estimate of drug-likeness (QED) is 0.184. The summed E-state index contributed by atoms with van der Waals surface area (Å²) < 4.78 is 46.6. The van der Waals surface area contributed by atoms with Crippen molar-refractivity contribution in [2.45, 2.75) is 114 Å². The molecule has 0 spiro atoms. The number of carbonyl (C=O) groups excluding carboxylic acids is 3. The largest absolute Gasteiger partial charge is 0.491 e. The number of ether oxygens (including phenoxy) is 3. The molecule has 3 aromatic rings. The van der Waals surface area contributed by atoms with Gasteiger partial charge >= 0.3 is 0 Å². The van der Waals surface area contributed by atoms with Crippen molar-refractivity contribution in [2.24, 2.45) is 11.8 Å². The maximum atomic E-state index is 14.5. The van der Waals surface area contributed by atoms with Crippen LogP contribution in [0.1, 0.15) is 84.8 Å². The number of amides is 3. The summed E-state index contributed by atoms with van der Waals surface area (Å²) in [6, 6.07) is 3.50. The van der Waals surface area contributed by atoms with Crippen LogP contribution in [0.15, 0.2) is 23.6 Å². The molecule has 0 radical (unpaired) electrons. The monoisotopic (exact) mass is 885 g/mol. The molecule has 2 saturated carbocycles. The van der Waals surface area contributed by atoms with Gasteiger partial charge in [-0.15, -0.1) is 11.3 Å². The van der Waals surface area contributed by atoms with Gasteiger partial charge in [0.1, 0.15) is 51.5 Å². The molecule has 1 aromatic carbocycles. The van der Waals surface area contributed by atoms with E-state index < -0.39 is 56.9 Å². The number of benzene rings is 1. The van der Waals surface area contributed by atoms with Crippen LogP contribution in [-0.2, 0) is 29.1 Å². The molecular weight excluding hydrogens is 830 g/mol. The van der Waals surface area contributed by atoms with Crippen molar-refractivity contribution in [1.29, 1.82) is 0 Å². The summed E-state index contributed by atoms with van der Waals surface area (Å²) in [7, 11) is -3.84. The van der Waals surface area contributed by atoms with Crippen LogP contribution in [-0.4, -0.2) is 127 Å². The molecule has 3 N–H and O–H groups in total. The summed E-state index contributed by atoms with van der Waals surface area (Å²) in [5, 5.41) is 9.50. The third-order valence-electron chi connectivity index (χ3n) is 12.9. The van der Waals surface area contributed by atoms with E-state index in [2.05, 4.69) is 34.1 Å². The number of nitrogens with one attached hydrogen (secondary N) is 3. The van der Waals surface area contributed by atoms with Gasteiger partial charge in [0.2, 0.25) is 21.8 Å². The predicted octanol–water partition coefficient (Wildman–Crippen LogP) is 4.47. The number of hydrogen-bond acceptors (Lipinski definition) is 13. The van der Waals surface area contributed by atoms with Crippen molar-refractivity contribution in [1.82, 2.24) is 35.1 Å². The van der Waals surface area contributed by atoms with Gasteiger partial charge in [0.25, 0.3) is 5.91 Å². The number of halogens is 1. The molecule has 5 aliphatic rings. The maximum Gasteiger partial charge on any atom is 0.259 e. The lowest BCUT2D eigenvalue weighted by atomic mass is 9.94. The molecule has 3 aliphatic heterocycles. The highest BCUT2D eigenvalue weighted by Gasteiger charge is 2.63. The summed E-state index contributed by atoms with van der Waals surface area (Å²) in [6.07, 6.45) is 2.10. The number of fused-ring (bicyclic) bond motifs is 2. The number of hydrogen-bond donors (Lipinski definition) is 3. The van der Waals surface area contributed by atoms with E-state index in [4.69, 9.17) is 35.8 Å². The molecule has 2 aromatic heterocycles. The number of sulfonamides is 1. The lowest BCUT2D eigenvalue weighted by molar-refractivity contribution is -0.146. The number of nitrogens with zero attached hydrogens (tertiary/aromatic N) is 4. The Bertz CT molecular complexity index is 2230. The highest BCUT2D eigenvalue weighted by molar-refractivity contribution is 7.91. The highest BCUT2D eigenvalue weighted by atomic mass is 35.5. The first kappa shape index (κ1) is 43.1. The Morgan fingerprint density at radius 1 is 1.13 bits per heavy atom. The van der Waals surface area contributed by atoms with E-state index in [1.54, 1.807) is 4.90 Å². The van der Waals surface area contributed by atoms with Crippen molar-refractivity contribution in [3.8, 4) is 22.2 Å². The molecule has 326 valence electrons. The fourth-order valence-corrected chi connectivity index (χ4v) is 11.3. The Kier molecular flexibility index (Phi) is 12.4. The molecule has 60 heavy (non-hydrogen) atoms. The third kappa shape index (κ3) is 8.46. The van der Waals surface area contributed by atoms with Gasteiger partial charge in [-0.25, -0.2) is 18.4 Å². The molecule has 7 atom stereocenters. The second-order valence-corrected chi connectivity index (χ2v) is 20.4. The Morgan fingerprint density at radius 3 is 2.57 bits per heavy atom. The average Bonchev–Trinajstić information content (AvgIpc) is 4.13. The van der Waals surface area contributed by atoms with Crippen molar-refractivity contribution in [3.05, 3.63) is 34.3 Å². The predicted molar refractivity (Wildman–Crippen MR) is 229 cm³/mol. The number of piperazine rings is 1.